The van der Waals surface area contributed by atoms with Gasteiger partial charge in [-0.2, -0.15) is 0 Å². The topological polar surface area (TPSA) is 92.4 Å². The summed E-state index contributed by atoms with van der Waals surface area (Å²) in [5.41, 5.74) is 3.25. The number of halogens is 1. The van der Waals surface area contributed by atoms with Gasteiger partial charge in [-0.05, 0) is 42.7 Å². The summed E-state index contributed by atoms with van der Waals surface area (Å²) < 4.78 is 20.7. The number of hydrogen-bond donors (Lipinski definition) is 1. The van der Waals surface area contributed by atoms with Crippen LogP contribution in [0.25, 0.3) is 22.6 Å². The quantitative estimate of drug-likeness (QED) is 0.456. The number of aromatic hydroxyl groups is 1. The van der Waals surface area contributed by atoms with Gasteiger partial charge in [-0.25, -0.2) is 19.0 Å². The Balaban J connectivity index is 1.29. The van der Waals surface area contributed by atoms with Crippen LogP contribution in [0, 0.1) is 5.82 Å². The zero-order valence-corrected chi connectivity index (χ0v) is 19.9. The lowest BCUT2D eigenvalue weighted by molar-refractivity contribution is 0.122. The molecule has 4 aromatic rings. The standard InChI is InChI=1S/C26H28FN7O2/c27-20-6-4-18(5-7-20)17-32-10-8-21(9-11-32)34-26-23(30-31-34)25(33-12-14-36-15-13-33)28-24(29-26)19-2-1-3-22(35)16-19/h1-7,16,21,35H,8-15,17H2. The highest BCUT2D eigenvalue weighted by atomic mass is 19.1. The molecule has 0 aliphatic carbocycles. The Bertz CT molecular complexity index is 1350. The van der Waals surface area contributed by atoms with Crippen LogP contribution in [-0.4, -0.2) is 74.4 Å². The van der Waals surface area contributed by atoms with Crippen molar-refractivity contribution in [2.75, 3.05) is 44.3 Å². The van der Waals surface area contributed by atoms with Crippen molar-refractivity contribution in [3.05, 3.63) is 59.9 Å². The number of rotatable bonds is 5. The third-order valence-electron chi connectivity index (χ3n) is 6.94. The average Bonchev–Trinajstić information content (AvgIpc) is 3.34. The fourth-order valence-electron chi connectivity index (χ4n) is 5.00. The number of aromatic nitrogens is 5. The maximum absolute atomic E-state index is 13.2. The molecule has 10 heteroatoms. The molecule has 9 nitrogen and oxygen atoms in total. The Labute approximate surface area is 208 Å². The Morgan fingerprint density at radius 2 is 1.75 bits per heavy atom. The van der Waals surface area contributed by atoms with Gasteiger partial charge in [-0.3, -0.25) is 4.90 Å². The number of ether oxygens (including phenoxy) is 1. The molecule has 2 saturated heterocycles. The Morgan fingerprint density at radius 3 is 2.50 bits per heavy atom. The van der Waals surface area contributed by atoms with Crippen LogP contribution in [0.4, 0.5) is 10.2 Å². The van der Waals surface area contributed by atoms with Crippen LogP contribution in [0.3, 0.4) is 0 Å². The van der Waals surface area contributed by atoms with Crippen molar-refractivity contribution in [2.45, 2.75) is 25.4 Å². The molecule has 0 unspecified atom stereocenters. The van der Waals surface area contributed by atoms with Gasteiger partial charge in [-0.1, -0.05) is 29.5 Å². The second-order valence-corrected chi connectivity index (χ2v) is 9.36. The van der Waals surface area contributed by atoms with E-state index in [9.17, 15) is 9.50 Å². The lowest BCUT2D eigenvalue weighted by atomic mass is 10.0. The van der Waals surface area contributed by atoms with E-state index < -0.39 is 0 Å². The molecule has 0 saturated carbocycles. The van der Waals surface area contributed by atoms with Crippen LogP contribution in [0.15, 0.2) is 48.5 Å². The maximum atomic E-state index is 13.2. The van der Waals surface area contributed by atoms with Gasteiger partial charge < -0.3 is 14.7 Å². The molecule has 36 heavy (non-hydrogen) atoms. The van der Waals surface area contributed by atoms with Gasteiger partial charge in [0.15, 0.2) is 22.8 Å². The Hall–Kier alpha value is -3.63. The van der Waals surface area contributed by atoms with E-state index in [-0.39, 0.29) is 17.6 Å². The van der Waals surface area contributed by atoms with E-state index in [0.29, 0.717) is 30.2 Å². The first kappa shape index (κ1) is 22.8. The first-order valence-electron chi connectivity index (χ1n) is 12.4. The predicted octanol–water partition coefficient (Wildman–Crippen LogP) is 3.41. The molecule has 0 atom stereocenters. The highest BCUT2D eigenvalue weighted by molar-refractivity contribution is 5.85. The fraction of sp³-hybridized carbons (Fsp3) is 0.385. The summed E-state index contributed by atoms with van der Waals surface area (Å²) in [6.07, 6.45) is 1.83. The molecule has 2 aromatic carbocycles. The fourth-order valence-corrected chi connectivity index (χ4v) is 5.00. The molecule has 6 rings (SSSR count). The molecular weight excluding hydrogens is 461 g/mol. The number of phenols is 1. The molecule has 2 aliphatic rings. The van der Waals surface area contributed by atoms with Gasteiger partial charge in [0.05, 0.1) is 19.3 Å². The van der Waals surface area contributed by atoms with Crippen molar-refractivity contribution in [3.63, 3.8) is 0 Å². The smallest absolute Gasteiger partial charge is 0.184 e. The number of piperidine rings is 1. The number of fused-ring (bicyclic) bond motifs is 1. The third kappa shape index (κ3) is 4.61. The number of benzene rings is 2. The number of likely N-dealkylation sites (tertiary alicyclic amines) is 1. The minimum Gasteiger partial charge on any atom is -0.508 e. The lowest BCUT2D eigenvalue weighted by Gasteiger charge is -2.32. The molecular formula is C26H28FN7O2. The van der Waals surface area contributed by atoms with E-state index >= 15 is 0 Å². The summed E-state index contributed by atoms with van der Waals surface area (Å²) in [6.45, 7) is 5.33. The van der Waals surface area contributed by atoms with Crippen molar-refractivity contribution in [2.24, 2.45) is 0 Å². The van der Waals surface area contributed by atoms with Crippen molar-refractivity contribution < 1.29 is 14.2 Å². The van der Waals surface area contributed by atoms with E-state index in [2.05, 4.69) is 20.1 Å². The van der Waals surface area contributed by atoms with Crippen molar-refractivity contribution in [1.82, 2.24) is 29.9 Å². The van der Waals surface area contributed by atoms with Crippen molar-refractivity contribution in [1.29, 1.82) is 0 Å². The van der Waals surface area contributed by atoms with Crippen molar-refractivity contribution in [3.8, 4) is 17.1 Å². The molecule has 1 N–H and O–H groups in total. The van der Waals surface area contributed by atoms with Gasteiger partial charge in [-0.15, -0.1) is 5.10 Å². The van der Waals surface area contributed by atoms with Gasteiger partial charge in [0, 0.05) is 38.3 Å². The normalized spacial score (nSPS) is 17.6. The summed E-state index contributed by atoms with van der Waals surface area (Å²) in [6, 6.07) is 13.9. The van der Waals surface area contributed by atoms with E-state index in [1.54, 1.807) is 18.2 Å². The predicted molar refractivity (Wildman–Crippen MR) is 133 cm³/mol. The first-order chi connectivity index (χ1) is 17.6. The van der Waals surface area contributed by atoms with E-state index in [1.165, 1.54) is 12.1 Å². The minimum absolute atomic E-state index is 0.170. The average molecular weight is 490 g/mol. The molecule has 0 bridgehead atoms. The molecule has 186 valence electrons. The van der Waals surface area contributed by atoms with Crippen molar-refractivity contribution >= 4 is 17.0 Å². The molecule has 0 spiro atoms. The number of morpholine rings is 1. The first-order valence-corrected chi connectivity index (χ1v) is 12.4. The van der Waals surface area contributed by atoms with Crippen LogP contribution < -0.4 is 4.90 Å². The van der Waals surface area contributed by atoms with Crippen LogP contribution >= 0.6 is 0 Å². The minimum atomic E-state index is -0.209. The van der Waals surface area contributed by atoms with E-state index in [0.717, 1.165) is 62.5 Å². The molecule has 4 heterocycles. The number of phenolic OH excluding ortho intramolecular Hbond substituents is 1. The van der Waals surface area contributed by atoms with Crippen LogP contribution in [-0.2, 0) is 11.3 Å². The zero-order valence-electron chi connectivity index (χ0n) is 19.9. The van der Waals surface area contributed by atoms with Gasteiger partial charge in [0.1, 0.15) is 11.6 Å². The van der Waals surface area contributed by atoms with E-state index in [1.807, 2.05) is 22.9 Å². The maximum Gasteiger partial charge on any atom is 0.184 e. The van der Waals surface area contributed by atoms with Crippen LogP contribution in [0.5, 0.6) is 5.75 Å². The Kier molecular flexibility index (Phi) is 6.20. The zero-order chi connectivity index (χ0) is 24.5. The number of hydrogen-bond acceptors (Lipinski definition) is 8. The summed E-state index contributed by atoms with van der Waals surface area (Å²) in [5, 5.41) is 19.1. The third-order valence-corrected chi connectivity index (χ3v) is 6.94. The summed E-state index contributed by atoms with van der Waals surface area (Å²) in [7, 11) is 0. The molecule has 2 fully saturated rings. The van der Waals surface area contributed by atoms with Crippen LogP contribution in [0.1, 0.15) is 24.4 Å². The monoisotopic (exact) mass is 489 g/mol. The number of nitrogens with zero attached hydrogens (tertiary/aromatic N) is 7. The van der Waals surface area contributed by atoms with Gasteiger partial charge >= 0.3 is 0 Å². The van der Waals surface area contributed by atoms with E-state index in [4.69, 9.17) is 14.7 Å². The second-order valence-electron chi connectivity index (χ2n) is 9.36. The number of anilines is 1. The lowest BCUT2D eigenvalue weighted by Crippen LogP contribution is -2.37. The molecule has 0 amide bonds. The molecule has 0 radical (unpaired) electrons. The van der Waals surface area contributed by atoms with Gasteiger partial charge in [0.25, 0.3) is 0 Å². The highest BCUT2D eigenvalue weighted by Gasteiger charge is 2.27. The molecule has 2 aliphatic heterocycles. The highest BCUT2D eigenvalue weighted by Crippen LogP contribution is 2.31. The largest absolute Gasteiger partial charge is 0.508 e. The summed E-state index contributed by atoms with van der Waals surface area (Å²) >= 11 is 0. The Morgan fingerprint density at radius 1 is 0.972 bits per heavy atom. The van der Waals surface area contributed by atoms with Crippen LogP contribution in [0.2, 0.25) is 0 Å². The molecule has 2 aromatic heterocycles. The SMILES string of the molecule is Oc1cccc(-c2nc(N3CCOCC3)c3nnn(C4CCN(Cc5ccc(F)cc5)CC4)c3n2)c1. The van der Waals surface area contributed by atoms with Gasteiger partial charge in [0.2, 0.25) is 0 Å². The summed E-state index contributed by atoms with van der Waals surface area (Å²) in [5.74, 6) is 1.25. The second kappa shape index (κ2) is 9.79. The summed E-state index contributed by atoms with van der Waals surface area (Å²) in [4.78, 5) is 14.3.